The summed E-state index contributed by atoms with van der Waals surface area (Å²) in [5.74, 6) is 0. The highest BCUT2D eigenvalue weighted by Crippen LogP contribution is 2.35. The molecule has 0 N–H and O–H groups in total. The Balaban J connectivity index is 0.000000397. The number of halogens is 3. The molecule has 0 heterocycles. The minimum absolute atomic E-state index is 0.0121. The van der Waals surface area contributed by atoms with Crippen molar-refractivity contribution in [3.63, 3.8) is 0 Å². The molecule has 0 aliphatic heterocycles. The largest absolute Gasteiger partial charge is 0.417 e. The summed E-state index contributed by atoms with van der Waals surface area (Å²) < 4.78 is 63.8. The lowest BCUT2D eigenvalue weighted by atomic mass is 10.2. The Morgan fingerprint density at radius 1 is 1.00 bits per heavy atom. The second kappa shape index (κ2) is 9.41. The van der Waals surface area contributed by atoms with E-state index in [2.05, 4.69) is 17.4 Å². The van der Waals surface area contributed by atoms with Crippen molar-refractivity contribution < 1.29 is 26.4 Å². The quantitative estimate of drug-likeness (QED) is 0.240. The highest BCUT2D eigenvalue weighted by atomic mass is 32.2. The summed E-state index contributed by atoms with van der Waals surface area (Å²) in [6, 6.07) is 10.9. The number of nitrogens with zero attached hydrogens (tertiary/aromatic N) is 2. The maximum Gasteiger partial charge on any atom is 0.417 e. The molecule has 1 fully saturated rings. The van der Waals surface area contributed by atoms with Gasteiger partial charge in [-0.05, 0) is 37.1 Å². The molecule has 2 aromatic carbocycles. The van der Waals surface area contributed by atoms with Gasteiger partial charge in [0.05, 0.1) is 16.0 Å². The van der Waals surface area contributed by atoms with E-state index in [0.717, 1.165) is 17.4 Å². The van der Waals surface area contributed by atoms with E-state index >= 15 is 0 Å². The second-order valence-electron chi connectivity index (χ2n) is 6.21. The molecule has 0 atom stereocenters. The van der Waals surface area contributed by atoms with Crippen molar-refractivity contribution in [3.8, 4) is 0 Å². The zero-order valence-corrected chi connectivity index (χ0v) is 16.5. The van der Waals surface area contributed by atoms with Gasteiger partial charge in [0.2, 0.25) is 0 Å². The van der Waals surface area contributed by atoms with E-state index in [1.165, 1.54) is 56.0 Å². The molecule has 1 aliphatic rings. The van der Waals surface area contributed by atoms with Crippen molar-refractivity contribution in [2.45, 2.75) is 42.0 Å². The Bertz CT molecular complexity index is 949. The van der Waals surface area contributed by atoms with Crippen LogP contribution in [0.5, 0.6) is 0 Å². The summed E-state index contributed by atoms with van der Waals surface area (Å²) in [6.07, 6.45) is 0.676. The average Bonchev–Trinajstić information content (AvgIpc) is 3.14. The fourth-order valence-electron chi connectivity index (χ4n) is 2.79. The van der Waals surface area contributed by atoms with Crippen LogP contribution >= 0.6 is 12.6 Å². The summed E-state index contributed by atoms with van der Waals surface area (Å²) in [5.41, 5.74) is 7.67. The Morgan fingerprint density at radius 3 is 2.00 bits per heavy atom. The molecule has 0 amide bonds. The van der Waals surface area contributed by atoms with E-state index in [0.29, 0.717) is 6.07 Å². The van der Waals surface area contributed by atoms with Gasteiger partial charge in [0.15, 0.2) is 0 Å². The standard InChI is InChI=1S/C14H9F3N2O2S.C5H10S/c15-14(16,17)11-8-4-5-9-12(11)22(20,21)13(19-18)10-6-2-1-3-7-10;6-5-3-1-2-4-5/h1-9H;5-6H,1-4H2. The van der Waals surface area contributed by atoms with Crippen molar-refractivity contribution in [2.24, 2.45) is 0 Å². The molecule has 0 radical (unpaired) electrons. The molecule has 4 nitrogen and oxygen atoms in total. The first-order chi connectivity index (χ1) is 13.2. The molecule has 0 bridgehead atoms. The summed E-state index contributed by atoms with van der Waals surface area (Å²) >= 11 is 4.29. The molecule has 3 rings (SSSR count). The molecular formula is C19H19F3N2O2S2. The van der Waals surface area contributed by atoms with Gasteiger partial charge in [0.1, 0.15) is 0 Å². The third-order valence-corrected chi connectivity index (χ3v) is 6.45. The van der Waals surface area contributed by atoms with Gasteiger partial charge in [-0.2, -0.15) is 30.6 Å². The van der Waals surface area contributed by atoms with E-state index in [1.807, 2.05) is 0 Å². The van der Waals surface area contributed by atoms with E-state index in [4.69, 9.17) is 5.53 Å². The van der Waals surface area contributed by atoms with Crippen molar-refractivity contribution >= 4 is 27.5 Å². The average molecular weight is 429 g/mol. The number of thiol groups is 1. The second-order valence-corrected chi connectivity index (χ2v) is 8.77. The Morgan fingerprint density at radius 2 is 1.54 bits per heavy atom. The first-order valence-corrected chi connectivity index (χ1v) is 10.5. The molecule has 2 aromatic rings. The molecule has 0 unspecified atom stereocenters. The maximum absolute atomic E-state index is 13.0. The van der Waals surface area contributed by atoms with Crippen LogP contribution < -0.4 is 0 Å². The predicted octanol–water partition coefficient (Wildman–Crippen LogP) is 5.01. The SMILES string of the molecule is SC1CCCC1.[N-]=[N+]=C(c1ccccc1)S(=O)(=O)c1ccccc1C(F)(F)F. The van der Waals surface area contributed by atoms with Gasteiger partial charge in [-0.15, -0.1) is 0 Å². The van der Waals surface area contributed by atoms with Gasteiger partial charge in [-0.1, -0.05) is 43.2 Å². The first kappa shape index (κ1) is 22.2. The summed E-state index contributed by atoms with van der Waals surface area (Å²) in [4.78, 5) is 1.73. The maximum atomic E-state index is 13.0. The topological polar surface area (TPSA) is 70.5 Å². The molecule has 28 heavy (non-hydrogen) atoms. The molecule has 1 saturated carbocycles. The third-order valence-electron chi connectivity index (χ3n) is 4.17. The predicted molar refractivity (Wildman–Crippen MR) is 104 cm³/mol. The lowest BCUT2D eigenvalue weighted by Crippen LogP contribution is -2.21. The Hall–Kier alpha value is -2.09. The number of alkyl halides is 3. The van der Waals surface area contributed by atoms with Crippen LogP contribution in [-0.2, 0) is 16.0 Å². The number of sulfone groups is 1. The van der Waals surface area contributed by atoms with E-state index in [9.17, 15) is 21.6 Å². The lowest BCUT2D eigenvalue weighted by Gasteiger charge is -2.11. The van der Waals surface area contributed by atoms with E-state index < -0.39 is 31.5 Å². The Labute approximate surface area is 167 Å². The van der Waals surface area contributed by atoms with Gasteiger partial charge in [0.25, 0.3) is 9.84 Å². The highest BCUT2D eigenvalue weighted by Gasteiger charge is 2.41. The summed E-state index contributed by atoms with van der Waals surface area (Å²) in [7, 11) is -4.64. The zero-order chi connectivity index (χ0) is 20.8. The van der Waals surface area contributed by atoms with Gasteiger partial charge in [-0.25, -0.2) is 8.42 Å². The first-order valence-electron chi connectivity index (χ1n) is 8.54. The molecule has 1 aliphatic carbocycles. The minimum Gasteiger partial charge on any atom is -0.360 e. The molecule has 0 saturated heterocycles. The van der Waals surface area contributed by atoms with Crippen LogP contribution in [0.2, 0.25) is 0 Å². The van der Waals surface area contributed by atoms with Crippen LogP contribution in [-0.4, -0.2) is 23.5 Å². The van der Waals surface area contributed by atoms with Crippen molar-refractivity contribution in [3.05, 3.63) is 71.3 Å². The van der Waals surface area contributed by atoms with Crippen LogP contribution in [0.15, 0.2) is 59.5 Å². The lowest BCUT2D eigenvalue weighted by molar-refractivity contribution is -0.139. The van der Waals surface area contributed by atoms with Crippen molar-refractivity contribution in [2.75, 3.05) is 0 Å². The Kier molecular flexibility index (Phi) is 7.46. The smallest absolute Gasteiger partial charge is 0.360 e. The molecule has 150 valence electrons. The van der Waals surface area contributed by atoms with E-state index in [1.54, 1.807) is 6.07 Å². The number of rotatable bonds is 2. The monoisotopic (exact) mass is 428 g/mol. The number of hydrogen-bond acceptors (Lipinski definition) is 3. The van der Waals surface area contributed by atoms with Crippen LogP contribution in [0.3, 0.4) is 0 Å². The normalized spacial score (nSPS) is 14.7. The van der Waals surface area contributed by atoms with Crippen LogP contribution in [0.1, 0.15) is 36.8 Å². The molecular weight excluding hydrogens is 409 g/mol. The highest BCUT2D eigenvalue weighted by molar-refractivity contribution is 8.06. The third kappa shape index (κ3) is 5.47. The summed E-state index contributed by atoms with van der Waals surface area (Å²) in [6.45, 7) is 0. The van der Waals surface area contributed by atoms with Gasteiger partial charge in [0, 0.05) is 5.25 Å². The fraction of sp³-hybridized carbons (Fsp3) is 0.316. The van der Waals surface area contributed by atoms with Crippen molar-refractivity contribution in [1.29, 1.82) is 0 Å². The molecule has 0 aromatic heterocycles. The minimum atomic E-state index is -4.85. The van der Waals surface area contributed by atoms with Crippen molar-refractivity contribution in [1.82, 2.24) is 0 Å². The van der Waals surface area contributed by atoms with Gasteiger partial charge >= 0.3 is 11.2 Å². The fourth-order valence-corrected chi connectivity index (χ4v) is 4.65. The number of benzene rings is 2. The van der Waals surface area contributed by atoms with Crippen LogP contribution in [0, 0.1) is 0 Å². The number of hydrogen-bond donors (Lipinski definition) is 1. The van der Waals surface area contributed by atoms with E-state index in [-0.39, 0.29) is 5.56 Å². The molecule has 0 spiro atoms. The van der Waals surface area contributed by atoms with Gasteiger partial charge < -0.3 is 5.53 Å². The van der Waals surface area contributed by atoms with Crippen LogP contribution in [0.4, 0.5) is 13.2 Å². The molecule has 9 heteroatoms. The zero-order valence-electron chi connectivity index (χ0n) is 14.8. The van der Waals surface area contributed by atoms with Crippen LogP contribution in [0.25, 0.3) is 5.53 Å². The van der Waals surface area contributed by atoms with Gasteiger partial charge in [-0.3, -0.25) is 0 Å². The summed E-state index contributed by atoms with van der Waals surface area (Å²) in [5, 5.41) is -0.102.